The highest BCUT2D eigenvalue weighted by Gasteiger charge is 2.22. The molecular formula is C14H21FN2. The first-order chi connectivity index (χ1) is 8.15. The van der Waals surface area contributed by atoms with Gasteiger partial charge < -0.3 is 10.6 Å². The van der Waals surface area contributed by atoms with Gasteiger partial charge in [0.2, 0.25) is 0 Å². The molecule has 0 aromatic heterocycles. The Balaban J connectivity index is 1.85. The lowest BCUT2D eigenvalue weighted by Crippen LogP contribution is -2.25. The number of nitrogens with zero attached hydrogens (tertiary/aromatic N) is 1. The van der Waals surface area contributed by atoms with E-state index in [1.807, 2.05) is 12.1 Å². The summed E-state index contributed by atoms with van der Waals surface area (Å²) in [6, 6.07) is 7.37. The molecule has 2 N–H and O–H groups in total. The van der Waals surface area contributed by atoms with Gasteiger partial charge in [0.15, 0.2) is 0 Å². The van der Waals surface area contributed by atoms with Crippen LogP contribution in [-0.2, 0) is 6.54 Å². The van der Waals surface area contributed by atoms with E-state index in [2.05, 4.69) is 11.9 Å². The fourth-order valence-corrected chi connectivity index (χ4v) is 2.70. The molecule has 17 heavy (non-hydrogen) atoms. The summed E-state index contributed by atoms with van der Waals surface area (Å²) in [6.07, 6.45) is 3.46. The molecule has 1 aromatic rings. The molecule has 2 rings (SSSR count). The van der Waals surface area contributed by atoms with E-state index < -0.39 is 0 Å². The molecule has 1 aliphatic rings. The van der Waals surface area contributed by atoms with Crippen molar-refractivity contribution in [1.82, 2.24) is 4.90 Å². The van der Waals surface area contributed by atoms with Crippen LogP contribution < -0.4 is 5.73 Å². The monoisotopic (exact) mass is 236 g/mol. The molecule has 0 spiro atoms. The quantitative estimate of drug-likeness (QED) is 0.869. The third-order valence-corrected chi connectivity index (χ3v) is 3.55. The molecule has 1 saturated carbocycles. The standard InChI is InChI=1S/C14H21FN2/c1-17(9-11-6-7-13(16)8-11)10-12-4-2-3-5-14(12)15/h2-5,11,13H,6-10,16H2,1H3. The Labute approximate surface area is 103 Å². The molecular weight excluding hydrogens is 215 g/mol. The lowest BCUT2D eigenvalue weighted by Gasteiger charge is -2.21. The molecule has 2 unspecified atom stereocenters. The Morgan fingerprint density at radius 2 is 2.12 bits per heavy atom. The van der Waals surface area contributed by atoms with Gasteiger partial charge >= 0.3 is 0 Å². The third kappa shape index (κ3) is 3.51. The van der Waals surface area contributed by atoms with Crippen LogP contribution in [0.3, 0.4) is 0 Å². The second-order valence-corrected chi connectivity index (χ2v) is 5.23. The van der Waals surface area contributed by atoms with Crippen molar-refractivity contribution >= 4 is 0 Å². The predicted molar refractivity (Wildman–Crippen MR) is 68.1 cm³/mol. The SMILES string of the molecule is CN(Cc1ccccc1F)CC1CCC(N)C1. The van der Waals surface area contributed by atoms with E-state index in [9.17, 15) is 4.39 Å². The minimum absolute atomic E-state index is 0.109. The van der Waals surface area contributed by atoms with Gasteiger partial charge in [-0.25, -0.2) is 4.39 Å². The second kappa shape index (κ2) is 5.61. The van der Waals surface area contributed by atoms with Gasteiger partial charge in [-0.15, -0.1) is 0 Å². The zero-order valence-corrected chi connectivity index (χ0v) is 10.4. The summed E-state index contributed by atoms with van der Waals surface area (Å²) in [4.78, 5) is 2.20. The van der Waals surface area contributed by atoms with Crippen LogP contribution in [0.25, 0.3) is 0 Å². The first-order valence-electron chi connectivity index (χ1n) is 6.32. The zero-order valence-electron chi connectivity index (χ0n) is 10.4. The molecule has 0 aliphatic heterocycles. The van der Waals surface area contributed by atoms with E-state index in [1.54, 1.807) is 6.07 Å². The van der Waals surface area contributed by atoms with Gasteiger partial charge in [0.1, 0.15) is 5.82 Å². The molecule has 0 amide bonds. The predicted octanol–water partition coefficient (Wildman–Crippen LogP) is 2.38. The van der Waals surface area contributed by atoms with Crippen LogP contribution in [0.4, 0.5) is 4.39 Å². The number of halogens is 1. The van der Waals surface area contributed by atoms with Crippen molar-refractivity contribution in [2.24, 2.45) is 11.7 Å². The summed E-state index contributed by atoms with van der Waals surface area (Å²) >= 11 is 0. The lowest BCUT2D eigenvalue weighted by atomic mass is 10.1. The molecule has 0 bridgehead atoms. The van der Waals surface area contributed by atoms with Gasteiger partial charge in [-0.2, -0.15) is 0 Å². The van der Waals surface area contributed by atoms with E-state index in [0.717, 1.165) is 24.9 Å². The maximum atomic E-state index is 13.5. The van der Waals surface area contributed by atoms with E-state index in [0.29, 0.717) is 18.5 Å². The van der Waals surface area contributed by atoms with Gasteiger partial charge in [-0.3, -0.25) is 0 Å². The van der Waals surface area contributed by atoms with Gasteiger partial charge in [-0.1, -0.05) is 18.2 Å². The summed E-state index contributed by atoms with van der Waals surface area (Å²) in [6.45, 7) is 1.69. The van der Waals surface area contributed by atoms with Gasteiger partial charge in [-0.05, 0) is 38.3 Å². The Hall–Kier alpha value is -0.930. The maximum Gasteiger partial charge on any atom is 0.127 e. The van der Waals surface area contributed by atoms with Gasteiger partial charge in [0.05, 0.1) is 0 Å². The summed E-state index contributed by atoms with van der Waals surface area (Å²) in [5, 5.41) is 0. The van der Waals surface area contributed by atoms with Crippen LogP contribution in [0.2, 0.25) is 0 Å². The fraction of sp³-hybridized carbons (Fsp3) is 0.571. The number of benzene rings is 1. The van der Waals surface area contributed by atoms with Crippen LogP contribution in [0.1, 0.15) is 24.8 Å². The molecule has 0 saturated heterocycles. The highest BCUT2D eigenvalue weighted by Crippen LogP contribution is 2.25. The summed E-state index contributed by atoms with van der Waals surface area (Å²) < 4.78 is 13.5. The highest BCUT2D eigenvalue weighted by molar-refractivity contribution is 5.16. The van der Waals surface area contributed by atoms with Crippen molar-refractivity contribution in [3.8, 4) is 0 Å². The Morgan fingerprint density at radius 1 is 1.35 bits per heavy atom. The normalized spacial score (nSPS) is 24.5. The number of rotatable bonds is 4. The van der Waals surface area contributed by atoms with Crippen molar-refractivity contribution in [1.29, 1.82) is 0 Å². The van der Waals surface area contributed by atoms with Crippen molar-refractivity contribution in [3.05, 3.63) is 35.6 Å². The molecule has 1 aliphatic carbocycles. The molecule has 1 fully saturated rings. The largest absolute Gasteiger partial charge is 0.328 e. The second-order valence-electron chi connectivity index (χ2n) is 5.23. The minimum atomic E-state index is -0.109. The molecule has 94 valence electrons. The fourth-order valence-electron chi connectivity index (χ4n) is 2.70. The summed E-state index contributed by atoms with van der Waals surface area (Å²) in [5.41, 5.74) is 6.67. The van der Waals surface area contributed by atoms with E-state index >= 15 is 0 Å². The summed E-state index contributed by atoms with van der Waals surface area (Å²) in [5.74, 6) is 0.573. The average molecular weight is 236 g/mol. The van der Waals surface area contributed by atoms with Crippen molar-refractivity contribution < 1.29 is 4.39 Å². The van der Waals surface area contributed by atoms with Crippen LogP contribution in [0, 0.1) is 11.7 Å². The van der Waals surface area contributed by atoms with Crippen LogP contribution in [-0.4, -0.2) is 24.5 Å². The topological polar surface area (TPSA) is 29.3 Å². The molecule has 2 atom stereocenters. The molecule has 0 heterocycles. The van der Waals surface area contributed by atoms with Crippen molar-refractivity contribution in [2.75, 3.05) is 13.6 Å². The van der Waals surface area contributed by atoms with Crippen molar-refractivity contribution in [2.45, 2.75) is 31.8 Å². The molecule has 2 nitrogen and oxygen atoms in total. The lowest BCUT2D eigenvalue weighted by molar-refractivity contribution is 0.267. The zero-order chi connectivity index (χ0) is 12.3. The first-order valence-corrected chi connectivity index (χ1v) is 6.32. The maximum absolute atomic E-state index is 13.5. The van der Waals surface area contributed by atoms with E-state index in [1.165, 1.54) is 12.5 Å². The minimum Gasteiger partial charge on any atom is -0.328 e. The molecule has 3 heteroatoms. The van der Waals surface area contributed by atoms with Gasteiger partial charge in [0, 0.05) is 24.7 Å². The molecule has 0 radical (unpaired) electrons. The average Bonchev–Trinajstić information content (AvgIpc) is 2.67. The van der Waals surface area contributed by atoms with Crippen LogP contribution in [0.5, 0.6) is 0 Å². The smallest absolute Gasteiger partial charge is 0.127 e. The van der Waals surface area contributed by atoms with Crippen LogP contribution >= 0.6 is 0 Å². The highest BCUT2D eigenvalue weighted by atomic mass is 19.1. The Morgan fingerprint density at radius 3 is 2.76 bits per heavy atom. The number of hydrogen-bond acceptors (Lipinski definition) is 2. The molecule has 1 aromatic carbocycles. The number of nitrogens with two attached hydrogens (primary N) is 1. The Bertz CT molecular complexity index is 367. The van der Waals surface area contributed by atoms with Gasteiger partial charge in [0.25, 0.3) is 0 Å². The van der Waals surface area contributed by atoms with Crippen LogP contribution in [0.15, 0.2) is 24.3 Å². The third-order valence-electron chi connectivity index (χ3n) is 3.55. The first kappa shape index (κ1) is 12.5. The van der Waals surface area contributed by atoms with E-state index in [4.69, 9.17) is 5.73 Å². The summed E-state index contributed by atoms with van der Waals surface area (Å²) in [7, 11) is 2.05. The Kier molecular flexibility index (Phi) is 4.13. The van der Waals surface area contributed by atoms with Crippen molar-refractivity contribution in [3.63, 3.8) is 0 Å². The number of hydrogen-bond donors (Lipinski definition) is 1. The van der Waals surface area contributed by atoms with E-state index in [-0.39, 0.29) is 5.82 Å².